The highest BCUT2D eigenvalue weighted by atomic mass is 19.4. The number of aromatic nitrogens is 3. The van der Waals surface area contributed by atoms with Crippen molar-refractivity contribution in [2.75, 3.05) is 18.5 Å². The monoisotopic (exact) mass is 590 g/mol. The smallest absolute Gasteiger partial charge is 0.389 e. The quantitative estimate of drug-likeness (QED) is 0.186. The maximum atomic E-state index is 13.1. The van der Waals surface area contributed by atoms with Crippen LogP contribution >= 0.6 is 0 Å². The lowest BCUT2D eigenvalue weighted by Gasteiger charge is -2.15. The fourth-order valence-electron chi connectivity index (χ4n) is 4.17. The molecule has 1 N–H and O–H groups in total. The largest absolute Gasteiger partial charge is 0.487 e. The standard InChI is InChI=1S/C30H37F3N4O5/c1-3-26(38)41-21-22(2)42-25-15-9-14-23(19-25)11-7-8-17-34-27-28(39)36(20-24-12-5-4-6-13-24)29(40)37(35-27)18-10-16-30(31,32)33/h4-6,9,12-15,19,22H,3,7-8,10-11,16-18,20-21H2,1-2H3,(H,34,35). The molecule has 0 radical (unpaired) electrons. The Morgan fingerprint density at radius 3 is 2.48 bits per heavy atom. The van der Waals surface area contributed by atoms with Gasteiger partial charge in [0.15, 0.2) is 0 Å². The lowest BCUT2D eigenvalue weighted by atomic mass is 10.1. The van der Waals surface area contributed by atoms with Crippen molar-refractivity contribution in [1.82, 2.24) is 14.3 Å². The number of unbranched alkanes of at least 4 members (excludes halogenated alkanes) is 1. The molecule has 3 rings (SSSR count). The number of carbonyl (C=O) groups is 1. The molecular formula is C30H37F3N4O5. The van der Waals surface area contributed by atoms with Crippen molar-refractivity contribution in [1.29, 1.82) is 0 Å². The third-order valence-electron chi connectivity index (χ3n) is 6.32. The molecule has 42 heavy (non-hydrogen) atoms. The Hall–Kier alpha value is -4.09. The van der Waals surface area contributed by atoms with Crippen molar-refractivity contribution >= 4 is 11.8 Å². The second kappa shape index (κ2) is 15.8. The molecule has 2 aromatic carbocycles. The molecular weight excluding hydrogens is 553 g/mol. The van der Waals surface area contributed by atoms with Gasteiger partial charge in [-0.2, -0.15) is 13.2 Å². The van der Waals surface area contributed by atoms with Gasteiger partial charge in [-0.25, -0.2) is 9.48 Å². The number of benzene rings is 2. The summed E-state index contributed by atoms with van der Waals surface area (Å²) in [6, 6.07) is 16.5. The van der Waals surface area contributed by atoms with E-state index in [1.165, 1.54) is 0 Å². The van der Waals surface area contributed by atoms with Gasteiger partial charge in [0.25, 0.3) is 5.56 Å². The van der Waals surface area contributed by atoms with E-state index in [4.69, 9.17) is 9.47 Å². The molecule has 0 saturated heterocycles. The molecule has 0 saturated carbocycles. The van der Waals surface area contributed by atoms with Crippen LogP contribution in [0.3, 0.4) is 0 Å². The summed E-state index contributed by atoms with van der Waals surface area (Å²) in [6.07, 6.45) is -3.55. The number of esters is 1. The SMILES string of the molecule is CCC(=O)OCC(C)Oc1cccc(CCCCNc2nn(CCCC(F)(F)F)c(=O)n(Cc3ccccc3)c2=O)c1. The van der Waals surface area contributed by atoms with Crippen molar-refractivity contribution in [3.05, 3.63) is 86.6 Å². The van der Waals surface area contributed by atoms with Crippen molar-refractivity contribution in [2.45, 2.75) is 77.7 Å². The molecule has 12 heteroatoms. The topological polar surface area (TPSA) is 104 Å². The third kappa shape index (κ3) is 10.7. The number of carbonyl (C=O) groups excluding carboxylic acids is 1. The molecule has 0 aliphatic carbocycles. The van der Waals surface area contributed by atoms with E-state index in [1.807, 2.05) is 31.2 Å². The first-order valence-corrected chi connectivity index (χ1v) is 14.0. The average Bonchev–Trinajstić information content (AvgIpc) is 2.96. The van der Waals surface area contributed by atoms with Crippen LogP contribution in [0.15, 0.2) is 64.2 Å². The Labute approximate surface area is 242 Å². The summed E-state index contributed by atoms with van der Waals surface area (Å²) < 4.78 is 50.9. The second-order valence-electron chi connectivity index (χ2n) is 9.95. The Morgan fingerprint density at radius 1 is 1.02 bits per heavy atom. The van der Waals surface area contributed by atoms with E-state index < -0.39 is 23.8 Å². The van der Waals surface area contributed by atoms with Crippen LogP contribution in [0.2, 0.25) is 0 Å². The van der Waals surface area contributed by atoms with Crippen molar-refractivity contribution in [3.8, 4) is 5.75 Å². The van der Waals surface area contributed by atoms with E-state index >= 15 is 0 Å². The number of hydrogen-bond donors (Lipinski definition) is 1. The van der Waals surface area contributed by atoms with Crippen LogP contribution in [-0.2, 0) is 29.0 Å². The number of nitrogens with zero attached hydrogens (tertiary/aromatic N) is 3. The second-order valence-corrected chi connectivity index (χ2v) is 9.95. The van der Waals surface area contributed by atoms with Gasteiger partial charge in [-0.1, -0.05) is 49.4 Å². The first kappa shape index (κ1) is 32.4. The Bertz CT molecular complexity index is 1410. The van der Waals surface area contributed by atoms with E-state index in [2.05, 4.69) is 10.4 Å². The van der Waals surface area contributed by atoms with Gasteiger partial charge in [0.1, 0.15) is 18.5 Å². The highest BCUT2D eigenvalue weighted by Crippen LogP contribution is 2.21. The van der Waals surface area contributed by atoms with E-state index in [9.17, 15) is 27.6 Å². The molecule has 1 atom stereocenters. The molecule has 1 unspecified atom stereocenters. The Balaban J connectivity index is 1.60. The number of nitrogens with one attached hydrogen (secondary N) is 1. The van der Waals surface area contributed by atoms with Crippen LogP contribution in [0, 0.1) is 0 Å². The number of rotatable bonds is 16. The molecule has 1 heterocycles. The normalized spacial score (nSPS) is 12.1. The predicted molar refractivity (Wildman–Crippen MR) is 153 cm³/mol. The molecule has 0 amide bonds. The zero-order valence-corrected chi connectivity index (χ0v) is 23.9. The highest BCUT2D eigenvalue weighted by molar-refractivity contribution is 5.68. The van der Waals surface area contributed by atoms with Crippen molar-refractivity contribution in [3.63, 3.8) is 0 Å². The van der Waals surface area contributed by atoms with Gasteiger partial charge in [-0.3, -0.25) is 14.2 Å². The van der Waals surface area contributed by atoms with Gasteiger partial charge in [-0.15, -0.1) is 5.10 Å². The zero-order valence-electron chi connectivity index (χ0n) is 23.9. The van der Waals surface area contributed by atoms with E-state index in [1.54, 1.807) is 37.3 Å². The minimum Gasteiger partial charge on any atom is -0.487 e. The number of ether oxygens (including phenoxy) is 2. The summed E-state index contributed by atoms with van der Waals surface area (Å²) in [5, 5.41) is 7.04. The number of hydrogen-bond acceptors (Lipinski definition) is 7. The van der Waals surface area contributed by atoms with Gasteiger partial charge in [0.2, 0.25) is 5.82 Å². The van der Waals surface area contributed by atoms with Gasteiger partial charge in [-0.05, 0) is 55.9 Å². The lowest BCUT2D eigenvalue weighted by Crippen LogP contribution is -2.43. The van der Waals surface area contributed by atoms with Gasteiger partial charge in [0, 0.05) is 25.9 Å². The molecule has 0 bridgehead atoms. The van der Waals surface area contributed by atoms with Crippen molar-refractivity contribution in [2.24, 2.45) is 0 Å². The average molecular weight is 591 g/mol. The maximum Gasteiger partial charge on any atom is 0.389 e. The predicted octanol–water partition coefficient (Wildman–Crippen LogP) is 4.95. The molecule has 0 fully saturated rings. The first-order valence-electron chi connectivity index (χ1n) is 14.0. The molecule has 1 aromatic heterocycles. The molecule has 0 spiro atoms. The molecule has 0 aliphatic heterocycles. The zero-order chi connectivity index (χ0) is 30.5. The van der Waals surface area contributed by atoms with Crippen molar-refractivity contribution < 1.29 is 27.4 Å². The maximum absolute atomic E-state index is 13.1. The first-order chi connectivity index (χ1) is 20.1. The third-order valence-corrected chi connectivity index (χ3v) is 6.32. The summed E-state index contributed by atoms with van der Waals surface area (Å²) >= 11 is 0. The minimum absolute atomic E-state index is 0.0208. The summed E-state index contributed by atoms with van der Waals surface area (Å²) in [5.74, 6) is 0.311. The van der Waals surface area contributed by atoms with E-state index in [0.717, 1.165) is 27.7 Å². The number of alkyl halides is 3. The van der Waals surface area contributed by atoms with Gasteiger partial charge >= 0.3 is 17.8 Å². The van der Waals surface area contributed by atoms with Crippen LogP contribution in [-0.4, -0.2) is 45.7 Å². The molecule has 0 aliphatic rings. The van der Waals surface area contributed by atoms with Crippen LogP contribution in [0.1, 0.15) is 57.1 Å². The summed E-state index contributed by atoms with van der Waals surface area (Å²) in [5.41, 5.74) is 0.376. The lowest BCUT2D eigenvalue weighted by molar-refractivity contribution is -0.145. The highest BCUT2D eigenvalue weighted by Gasteiger charge is 2.26. The van der Waals surface area contributed by atoms with Crippen LogP contribution in [0.5, 0.6) is 5.75 Å². The van der Waals surface area contributed by atoms with Crippen LogP contribution in [0.25, 0.3) is 0 Å². The molecule has 228 valence electrons. The van der Waals surface area contributed by atoms with Crippen LogP contribution in [0.4, 0.5) is 19.0 Å². The fraction of sp³-hybridized carbons (Fsp3) is 0.467. The Kier molecular flexibility index (Phi) is 12.2. The van der Waals surface area contributed by atoms with E-state index in [0.29, 0.717) is 30.7 Å². The van der Waals surface area contributed by atoms with Gasteiger partial charge in [0.05, 0.1) is 6.54 Å². The van der Waals surface area contributed by atoms with E-state index in [-0.39, 0.29) is 44.0 Å². The number of halogens is 3. The van der Waals surface area contributed by atoms with Gasteiger partial charge < -0.3 is 14.8 Å². The number of anilines is 1. The summed E-state index contributed by atoms with van der Waals surface area (Å²) in [7, 11) is 0. The fourth-order valence-corrected chi connectivity index (χ4v) is 4.17. The summed E-state index contributed by atoms with van der Waals surface area (Å²) in [6.45, 7) is 3.81. The molecule has 9 nitrogen and oxygen atoms in total. The Morgan fingerprint density at radius 2 is 1.76 bits per heavy atom. The molecule has 3 aromatic rings. The summed E-state index contributed by atoms with van der Waals surface area (Å²) in [4.78, 5) is 37.4. The number of aryl methyl sites for hydroxylation is 2. The minimum atomic E-state index is -4.35. The van der Waals surface area contributed by atoms with Crippen LogP contribution < -0.4 is 21.3 Å².